The van der Waals surface area contributed by atoms with Gasteiger partial charge in [-0.1, -0.05) is 45.9 Å². The van der Waals surface area contributed by atoms with Crippen LogP contribution in [0, 0.1) is 27.7 Å². The maximum Gasteiger partial charge on any atom is 0.216 e. The van der Waals surface area contributed by atoms with Gasteiger partial charge in [0.15, 0.2) is 6.20 Å². The zero-order chi connectivity index (χ0) is 25.7. The normalized spacial score (nSPS) is 16.7. The van der Waals surface area contributed by atoms with E-state index in [9.17, 15) is 0 Å². The van der Waals surface area contributed by atoms with Crippen LogP contribution in [0.2, 0.25) is 0 Å². The van der Waals surface area contributed by atoms with Crippen molar-refractivity contribution in [3.8, 4) is 11.3 Å². The molecule has 0 fully saturated rings. The van der Waals surface area contributed by atoms with Crippen LogP contribution in [0.3, 0.4) is 0 Å². The smallest absolute Gasteiger partial charge is 0.216 e. The van der Waals surface area contributed by atoms with Crippen molar-refractivity contribution in [2.24, 2.45) is 7.05 Å². The summed E-state index contributed by atoms with van der Waals surface area (Å²) >= 11 is 0. The van der Waals surface area contributed by atoms with Crippen LogP contribution in [0.5, 0.6) is 0 Å². The molecule has 0 atom stereocenters. The zero-order valence-corrected chi connectivity index (χ0v) is 23.3. The third-order valence-electron chi connectivity index (χ3n) is 9.06. The molecule has 6 rings (SSSR count). The number of rotatable bonds is 1. The van der Waals surface area contributed by atoms with Crippen molar-refractivity contribution in [2.45, 2.75) is 79.1 Å². The Bertz CT molecular complexity index is 1730. The van der Waals surface area contributed by atoms with Crippen molar-refractivity contribution in [1.29, 1.82) is 0 Å². The number of aromatic nitrogens is 1. The summed E-state index contributed by atoms with van der Waals surface area (Å²) in [7, 11) is 2.14. The van der Waals surface area contributed by atoms with Gasteiger partial charge < -0.3 is 4.42 Å². The fourth-order valence-corrected chi connectivity index (χ4v) is 6.76. The third-order valence-corrected chi connectivity index (χ3v) is 9.06. The first-order valence-electron chi connectivity index (χ1n) is 13.3. The van der Waals surface area contributed by atoms with Crippen LogP contribution in [0.15, 0.2) is 47.0 Å². The molecule has 2 heterocycles. The summed E-state index contributed by atoms with van der Waals surface area (Å²) in [5.41, 5.74) is 12.9. The SMILES string of the molecule is Cc1cc(-c2c(C)cc(C)c3c2oc2cc4c5c(ccc4cc23)C(C)(C)CCC5(C)C)[n+](C)cc1C. The van der Waals surface area contributed by atoms with Crippen LogP contribution >= 0.6 is 0 Å². The molecule has 184 valence electrons. The topological polar surface area (TPSA) is 17.0 Å². The molecule has 0 unspecified atom stereocenters. The number of hydrogen-bond acceptors (Lipinski definition) is 1. The molecule has 0 bridgehead atoms. The molecule has 2 aromatic heterocycles. The summed E-state index contributed by atoms with van der Waals surface area (Å²) in [6.45, 7) is 18.4. The number of furan rings is 1. The Labute approximate surface area is 214 Å². The Morgan fingerprint density at radius 2 is 1.47 bits per heavy atom. The predicted molar refractivity (Wildman–Crippen MR) is 152 cm³/mol. The molecule has 0 amide bonds. The minimum Gasteiger partial charge on any atom is -0.455 e. The first-order chi connectivity index (χ1) is 16.9. The average molecular weight is 477 g/mol. The van der Waals surface area contributed by atoms with Gasteiger partial charge in [0.2, 0.25) is 5.69 Å². The van der Waals surface area contributed by atoms with Gasteiger partial charge in [0.1, 0.15) is 18.2 Å². The number of pyridine rings is 1. The van der Waals surface area contributed by atoms with Crippen LogP contribution in [-0.2, 0) is 17.9 Å². The van der Waals surface area contributed by atoms with E-state index in [1.54, 1.807) is 0 Å². The van der Waals surface area contributed by atoms with Crippen molar-refractivity contribution in [3.05, 3.63) is 76.0 Å². The van der Waals surface area contributed by atoms with Crippen molar-refractivity contribution >= 4 is 32.7 Å². The lowest BCUT2D eigenvalue weighted by atomic mass is 9.62. The Balaban J connectivity index is 1.73. The van der Waals surface area contributed by atoms with Gasteiger partial charge in [-0.15, -0.1) is 0 Å². The number of benzene rings is 3. The zero-order valence-electron chi connectivity index (χ0n) is 23.3. The van der Waals surface area contributed by atoms with E-state index >= 15 is 0 Å². The minimum absolute atomic E-state index is 0.148. The van der Waals surface area contributed by atoms with E-state index < -0.39 is 0 Å². The summed E-state index contributed by atoms with van der Waals surface area (Å²) in [6, 6.07) is 14.1. The van der Waals surface area contributed by atoms with Crippen LogP contribution in [0.25, 0.3) is 44.0 Å². The van der Waals surface area contributed by atoms with Gasteiger partial charge in [-0.2, -0.15) is 0 Å². The van der Waals surface area contributed by atoms with Crippen molar-refractivity contribution in [2.75, 3.05) is 0 Å². The number of nitrogens with zero attached hydrogens (tertiary/aromatic N) is 1. The number of hydrogen-bond donors (Lipinski definition) is 0. The summed E-state index contributed by atoms with van der Waals surface area (Å²) in [5.74, 6) is 0. The van der Waals surface area contributed by atoms with Crippen LogP contribution < -0.4 is 4.57 Å². The molecule has 0 aliphatic heterocycles. The molecular weight excluding hydrogens is 438 g/mol. The first kappa shape index (κ1) is 23.3. The molecule has 1 aliphatic carbocycles. The lowest BCUT2D eigenvalue weighted by Gasteiger charge is -2.42. The molecule has 0 radical (unpaired) electrons. The van der Waals surface area contributed by atoms with E-state index in [0.717, 1.165) is 11.2 Å². The molecule has 0 spiro atoms. The lowest BCUT2D eigenvalue weighted by molar-refractivity contribution is -0.660. The van der Waals surface area contributed by atoms with Gasteiger partial charge in [-0.25, -0.2) is 4.57 Å². The van der Waals surface area contributed by atoms with E-state index in [1.807, 2.05) is 0 Å². The summed E-state index contributed by atoms with van der Waals surface area (Å²) in [4.78, 5) is 0. The molecule has 0 saturated heterocycles. The quantitative estimate of drug-likeness (QED) is 0.221. The Morgan fingerprint density at radius 1 is 0.750 bits per heavy atom. The Kier molecular flexibility index (Phi) is 4.81. The fraction of sp³-hybridized carbons (Fsp3) is 0.382. The third kappa shape index (κ3) is 3.19. The molecule has 36 heavy (non-hydrogen) atoms. The molecule has 1 aliphatic rings. The summed E-state index contributed by atoms with van der Waals surface area (Å²) in [5, 5.41) is 5.12. The average Bonchev–Trinajstić information content (AvgIpc) is 3.16. The van der Waals surface area contributed by atoms with Crippen molar-refractivity contribution < 1.29 is 8.98 Å². The highest BCUT2D eigenvalue weighted by Gasteiger charge is 2.38. The van der Waals surface area contributed by atoms with Crippen molar-refractivity contribution in [3.63, 3.8) is 0 Å². The van der Waals surface area contributed by atoms with E-state index in [2.05, 4.69) is 110 Å². The molecule has 0 N–H and O–H groups in total. The van der Waals surface area contributed by atoms with Gasteiger partial charge in [0.25, 0.3) is 0 Å². The molecule has 0 saturated carbocycles. The summed E-state index contributed by atoms with van der Waals surface area (Å²) < 4.78 is 9.07. The monoisotopic (exact) mass is 476 g/mol. The van der Waals surface area contributed by atoms with E-state index in [0.29, 0.717) is 0 Å². The molecule has 3 aromatic carbocycles. The maximum absolute atomic E-state index is 6.83. The molecule has 2 nitrogen and oxygen atoms in total. The van der Waals surface area contributed by atoms with Crippen LogP contribution in [-0.4, -0.2) is 0 Å². The predicted octanol–water partition coefficient (Wildman–Crippen LogP) is 8.81. The molecule has 2 heteroatoms. The molecular formula is C34H38NO+. The van der Waals surface area contributed by atoms with Gasteiger partial charge >= 0.3 is 0 Å². The summed E-state index contributed by atoms with van der Waals surface area (Å²) in [6.07, 6.45) is 4.65. The second-order valence-electron chi connectivity index (χ2n) is 12.7. The fourth-order valence-electron chi connectivity index (χ4n) is 6.76. The van der Waals surface area contributed by atoms with Crippen molar-refractivity contribution in [1.82, 2.24) is 0 Å². The second kappa shape index (κ2) is 7.44. The van der Waals surface area contributed by atoms with Crippen LogP contribution in [0.1, 0.15) is 73.9 Å². The minimum atomic E-state index is 0.148. The molecule has 5 aromatic rings. The Hall–Kier alpha value is -3.13. The standard InChI is InChI=1S/C34H38NO/c1-19-15-27(35(9)18-22(19)4)30-21(3)14-20(2)29-25-16-23-10-11-26-31(24(23)17-28(25)36-32(29)30)34(7,8)13-12-33(26,5)6/h10-11,14-18H,12-13H2,1-9H3/q+1. The largest absolute Gasteiger partial charge is 0.455 e. The van der Waals surface area contributed by atoms with Gasteiger partial charge in [0, 0.05) is 22.4 Å². The number of aryl methyl sites for hydroxylation is 5. The van der Waals surface area contributed by atoms with E-state index in [1.165, 1.54) is 79.0 Å². The highest BCUT2D eigenvalue weighted by molar-refractivity contribution is 6.15. The van der Waals surface area contributed by atoms with E-state index in [4.69, 9.17) is 4.42 Å². The van der Waals surface area contributed by atoms with E-state index in [-0.39, 0.29) is 10.8 Å². The maximum atomic E-state index is 6.83. The first-order valence-corrected chi connectivity index (χ1v) is 13.3. The number of fused-ring (bicyclic) bond motifs is 6. The highest BCUT2D eigenvalue weighted by atomic mass is 16.3. The lowest BCUT2D eigenvalue weighted by Crippen LogP contribution is -2.34. The van der Waals surface area contributed by atoms with Gasteiger partial charge in [-0.3, -0.25) is 0 Å². The van der Waals surface area contributed by atoms with Gasteiger partial charge in [0.05, 0.1) is 5.56 Å². The highest BCUT2D eigenvalue weighted by Crippen LogP contribution is 2.49. The Morgan fingerprint density at radius 3 is 2.22 bits per heavy atom. The second-order valence-corrected chi connectivity index (χ2v) is 12.7. The van der Waals surface area contributed by atoms with Crippen LogP contribution in [0.4, 0.5) is 0 Å². The van der Waals surface area contributed by atoms with Gasteiger partial charge in [-0.05, 0) is 102 Å².